The highest BCUT2D eigenvalue weighted by Crippen LogP contribution is 2.44. The Morgan fingerprint density at radius 2 is 2.00 bits per heavy atom. The van der Waals surface area contributed by atoms with E-state index < -0.39 is 5.54 Å². The van der Waals surface area contributed by atoms with Gasteiger partial charge in [-0.2, -0.15) is 4.98 Å². The third-order valence-corrected chi connectivity index (χ3v) is 7.21. The fourth-order valence-electron chi connectivity index (χ4n) is 5.41. The van der Waals surface area contributed by atoms with Crippen LogP contribution in [0.25, 0.3) is 22.2 Å². The molecular weight excluding hydrogens is 487 g/mol. The number of hydrogen-bond acceptors (Lipinski definition) is 7. The van der Waals surface area contributed by atoms with Crippen LogP contribution in [0.2, 0.25) is 0 Å². The fourth-order valence-corrected chi connectivity index (χ4v) is 5.41. The second-order valence-electron chi connectivity index (χ2n) is 9.58. The summed E-state index contributed by atoms with van der Waals surface area (Å²) in [6.45, 7) is 1.76. The van der Waals surface area contributed by atoms with Crippen LogP contribution < -0.4 is 5.32 Å². The van der Waals surface area contributed by atoms with Gasteiger partial charge in [-0.3, -0.25) is 10.1 Å². The topological polar surface area (TPSA) is 122 Å². The van der Waals surface area contributed by atoms with Crippen molar-refractivity contribution in [1.29, 1.82) is 0 Å². The van der Waals surface area contributed by atoms with Gasteiger partial charge in [-0.25, -0.2) is 9.37 Å². The van der Waals surface area contributed by atoms with Gasteiger partial charge in [0.15, 0.2) is 5.82 Å². The Hall–Kier alpha value is -4.31. The number of para-hydroxylation sites is 1. The molecule has 0 spiro atoms. The van der Waals surface area contributed by atoms with E-state index in [1.165, 1.54) is 19.2 Å². The Balaban J connectivity index is 1.46. The van der Waals surface area contributed by atoms with Gasteiger partial charge < -0.3 is 19.2 Å². The minimum Gasteiger partial charge on any atom is -0.469 e. The average molecular weight is 515 g/mol. The maximum atomic E-state index is 13.5. The van der Waals surface area contributed by atoms with Crippen molar-refractivity contribution in [1.82, 2.24) is 30.4 Å². The lowest BCUT2D eigenvalue weighted by Crippen LogP contribution is -2.51. The van der Waals surface area contributed by atoms with Gasteiger partial charge >= 0.3 is 5.97 Å². The number of fused-ring (bicyclic) bond motifs is 3. The lowest BCUT2D eigenvalue weighted by atomic mass is 9.79. The van der Waals surface area contributed by atoms with Crippen molar-refractivity contribution in [3.05, 3.63) is 89.3 Å². The molecule has 0 amide bonds. The lowest BCUT2D eigenvalue weighted by molar-refractivity contribution is -0.140. The predicted octanol–water partition coefficient (Wildman–Crippen LogP) is 4.86. The Labute approximate surface area is 217 Å². The fraction of sp³-hybridized carbons (Fsp3) is 0.286. The number of H-pyrrole nitrogens is 2. The number of aromatic nitrogens is 5. The predicted molar refractivity (Wildman–Crippen MR) is 138 cm³/mol. The highest BCUT2D eigenvalue weighted by atomic mass is 19.1. The van der Waals surface area contributed by atoms with Crippen LogP contribution in [0.1, 0.15) is 54.1 Å². The van der Waals surface area contributed by atoms with Crippen molar-refractivity contribution < 1.29 is 18.4 Å². The van der Waals surface area contributed by atoms with E-state index in [9.17, 15) is 9.18 Å². The summed E-state index contributed by atoms with van der Waals surface area (Å²) in [5.41, 5.74) is 3.75. The van der Waals surface area contributed by atoms with Gasteiger partial charge in [0.25, 0.3) is 0 Å². The van der Waals surface area contributed by atoms with E-state index in [1.807, 2.05) is 24.4 Å². The number of aryl methyl sites for hydroxylation is 1. The van der Waals surface area contributed by atoms with Crippen LogP contribution >= 0.6 is 0 Å². The third-order valence-electron chi connectivity index (χ3n) is 7.21. The molecule has 0 radical (unpaired) electrons. The zero-order valence-corrected chi connectivity index (χ0v) is 21.0. The standard InChI is InChI=1S/C28H27FN6O3/c1-16-31-27(35-38-16)28(13-5-8-24(36)37-2)25-20(19-6-3-4-7-21(19)32-25)14-22(34-28)26-30-15-23(33-26)17-9-11-18(29)12-10-17/h3-4,6-7,9-12,15,22,32,34H,5,8,13-14H2,1-2H3,(H,30,33)/t22-,28?/m1/s1. The molecular formula is C28H27FN6O3. The first kappa shape index (κ1) is 24.1. The summed E-state index contributed by atoms with van der Waals surface area (Å²) in [5, 5.41) is 9.22. The first-order valence-corrected chi connectivity index (χ1v) is 12.5. The molecule has 10 heteroatoms. The van der Waals surface area contributed by atoms with E-state index >= 15 is 0 Å². The van der Waals surface area contributed by atoms with E-state index in [0.717, 1.165) is 39.2 Å². The van der Waals surface area contributed by atoms with Gasteiger partial charge in [0, 0.05) is 41.7 Å². The number of aromatic amines is 2. The number of nitrogens with one attached hydrogen (secondary N) is 3. The Morgan fingerprint density at radius 3 is 2.76 bits per heavy atom. The smallest absolute Gasteiger partial charge is 0.305 e. The molecule has 0 saturated carbocycles. The second kappa shape index (κ2) is 9.53. The summed E-state index contributed by atoms with van der Waals surface area (Å²) in [5.74, 6) is 1.10. The minimum absolute atomic E-state index is 0.229. The number of nitrogens with zero attached hydrogens (tertiary/aromatic N) is 3. The van der Waals surface area contributed by atoms with Crippen LogP contribution in [0.3, 0.4) is 0 Å². The number of imidazole rings is 1. The molecule has 3 N–H and O–H groups in total. The molecule has 1 aliphatic rings. The average Bonchev–Trinajstić information content (AvgIpc) is 3.68. The number of esters is 1. The number of methoxy groups -OCH3 is 1. The van der Waals surface area contributed by atoms with Crippen LogP contribution in [0.5, 0.6) is 0 Å². The molecule has 0 saturated heterocycles. The van der Waals surface area contributed by atoms with Crippen LogP contribution in [0, 0.1) is 12.7 Å². The van der Waals surface area contributed by atoms with Crippen molar-refractivity contribution in [3.63, 3.8) is 0 Å². The minimum atomic E-state index is -0.869. The van der Waals surface area contributed by atoms with E-state index in [2.05, 4.69) is 31.5 Å². The molecule has 38 heavy (non-hydrogen) atoms. The van der Waals surface area contributed by atoms with Gasteiger partial charge in [0.2, 0.25) is 5.89 Å². The van der Waals surface area contributed by atoms with Crippen molar-refractivity contribution in [3.8, 4) is 11.3 Å². The van der Waals surface area contributed by atoms with E-state index in [1.54, 1.807) is 19.1 Å². The maximum absolute atomic E-state index is 13.5. The van der Waals surface area contributed by atoms with Gasteiger partial charge in [0.1, 0.15) is 17.2 Å². The van der Waals surface area contributed by atoms with Crippen LogP contribution in [0.4, 0.5) is 4.39 Å². The monoisotopic (exact) mass is 514 g/mol. The molecule has 6 rings (SSSR count). The van der Waals surface area contributed by atoms with Crippen molar-refractivity contribution >= 4 is 16.9 Å². The van der Waals surface area contributed by atoms with Crippen molar-refractivity contribution in [2.24, 2.45) is 0 Å². The molecule has 2 aromatic carbocycles. The van der Waals surface area contributed by atoms with Crippen LogP contribution in [-0.4, -0.2) is 38.2 Å². The molecule has 0 bridgehead atoms. The molecule has 5 aromatic rings. The summed E-state index contributed by atoms with van der Waals surface area (Å²) in [4.78, 5) is 28.4. The normalized spacial score (nSPS) is 19.0. The highest BCUT2D eigenvalue weighted by molar-refractivity contribution is 5.85. The number of halogens is 1. The molecule has 0 aliphatic carbocycles. The Morgan fingerprint density at radius 1 is 1.18 bits per heavy atom. The molecule has 2 atom stereocenters. The molecule has 9 nitrogen and oxygen atoms in total. The summed E-state index contributed by atoms with van der Waals surface area (Å²) in [7, 11) is 1.39. The first-order chi connectivity index (χ1) is 18.5. The molecule has 1 aliphatic heterocycles. The van der Waals surface area contributed by atoms with Gasteiger partial charge in [-0.15, -0.1) is 0 Å². The van der Waals surface area contributed by atoms with Crippen LogP contribution in [-0.2, 0) is 21.5 Å². The Kier molecular flexibility index (Phi) is 6.03. The van der Waals surface area contributed by atoms with Gasteiger partial charge in [-0.1, -0.05) is 23.4 Å². The summed E-state index contributed by atoms with van der Waals surface area (Å²) >= 11 is 0. The third kappa shape index (κ3) is 4.16. The van der Waals surface area contributed by atoms with E-state index in [-0.39, 0.29) is 24.2 Å². The molecule has 194 valence electrons. The molecule has 4 heterocycles. The number of carbonyl (C=O) groups is 1. The number of benzene rings is 2. The van der Waals surface area contributed by atoms with E-state index in [4.69, 9.17) is 14.2 Å². The first-order valence-electron chi connectivity index (χ1n) is 12.5. The van der Waals surface area contributed by atoms with Gasteiger partial charge in [-0.05, 0) is 55.2 Å². The Bertz CT molecular complexity index is 1600. The zero-order chi connectivity index (χ0) is 26.3. The number of hydrogen-bond donors (Lipinski definition) is 3. The number of carbonyl (C=O) groups excluding carboxylic acids is 1. The molecule has 1 unspecified atom stereocenters. The van der Waals surface area contributed by atoms with Crippen molar-refractivity contribution in [2.45, 2.75) is 44.2 Å². The van der Waals surface area contributed by atoms with Crippen molar-refractivity contribution in [2.75, 3.05) is 7.11 Å². The number of rotatable bonds is 7. The van der Waals surface area contributed by atoms with E-state index in [0.29, 0.717) is 31.0 Å². The lowest BCUT2D eigenvalue weighted by Gasteiger charge is -2.40. The largest absolute Gasteiger partial charge is 0.469 e. The van der Waals surface area contributed by atoms with Gasteiger partial charge in [0.05, 0.1) is 18.8 Å². The maximum Gasteiger partial charge on any atom is 0.305 e. The zero-order valence-electron chi connectivity index (χ0n) is 21.0. The number of ether oxygens (including phenoxy) is 1. The summed E-state index contributed by atoms with van der Waals surface area (Å²) in [6.07, 6.45) is 3.79. The summed E-state index contributed by atoms with van der Waals surface area (Å²) in [6, 6.07) is 14.2. The molecule has 3 aromatic heterocycles. The van der Waals surface area contributed by atoms with Crippen LogP contribution in [0.15, 0.2) is 59.3 Å². The second-order valence-corrected chi connectivity index (χ2v) is 9.58. The summed E-state index contributed by atoms with van der Waals surface area (Å²) < 4.78 is 23.8. The SMILES string of the molecule is COC(=O)CCCC1(c2noc(C)n2)N[C@@H](c2nc(-c3ccc(F)cc3)c[nH]2)Cc2c1[nH]c1ccccc21. The molecule has 0 fully saturated rings. The quantitative estimate of drug-likeness (QED) is 0.265. The highest BCUT2D eigenvalue weighted by Gasteiger charge is 2.47.